The summed E-state index contributed by atoms with van der Waals surface area (Å²) in [7, 11) is 0. The highest BCUT2D eigenvalue weighted by Crippen LogP contribution is 2.24. The summed E-state index contributed by atoms with van der Waals surface area (Å²) in [5, 5.41) is 6.03. The number of hydrogen-bond donors (Lipinski definition) is 3. The molecule has 0 saturated heterocycles. The number of halogens is 1. The Kier molecular flexibility index (Phi) is 7.18. The third-order valence-corrected chi connectivity index (χ3v) is 4.52. The molecule has 0 aliphatic rings. The van der Waals surface area contributed by atoms with E-state index in [2.05, 4.69) is 31.4 Å². The Morgan fingerprint density at radius 3 is 2.12 bits per heavy atom. The number of nitrogens with one attached hydrogen (secondary N) is 2. The molecule has 4 nitrogen and oxygen atoms in total. The van der Waals surface area contributed by atoms with Crippen LogP contribution in [0.15, 0.2) is 36.4 Å². The molecule has 4 N–H and O–H groups in total. The molecule has 0 atom stereocenters. The van der Waals surface area contributed by atoms with Crippen molar-refractivity contribution in [2.45, 2.75) is 40.0 Å². The Balaban J connectivity index is 0.00000338. The van der Waals surface area contributed by atoms with Gasteiger partial charge in [-0.25, -0.2) is 0 Å². The number of amides is 1. The first kappa shape index (κ1) is 21.9. The first-order valence-electron chi connectivity index (χ1n) is 8.18. The number of carbonyl (C=O) groups excluding carboxylic acids is 1. The van der Waals surface area contributed by atoms with Crippen molar-refractivity contribution in [3.63, 3.8) is 0 Å². The van der Waals surface area contributed by atoms with E-state index in [1.54, 1.807) is 0 Å². The van der Waals surface area contributed by atoms with Gasteiger partial charge < -0.3 is 11.1 Å². The third kappa shape index (κ3) is 5.19. The molecule has 140 valence electrons. The van der Waals surface area contributed by atoms with Gasteiger partial charge in [-0.2, -0.15) is 0 Å². The van der Waals surface area contributed by atoms with Gasteiger partial charge in [0.1, 0.15) is 0 Å². The number of thiocarbonyl (C=S) groups is 1. The van der Waals surface area contributed by atoms with Crippen molar-refractivity contribution < 1.29 is 4.79 Å². The van der Waals surface area contributed by atoms with E-state index in [1.165, 1.54) is 5.56 Å². The lowest BCUT2D eigenvalue weighted by Crippen LogP contribution is -2.34. The van der Waals surface area contributed by atoms with Crippen LogP contribution in [0.25, 0.3) is 0 Å². The lowest BCUT2D eigenvalue weighted by molar-refractivity contribution is 0.0977. The van der Waals surface area contributed by atoms with E-state index in [4.69, 9.17) is 18.0 Å². The fraction of sp³-hybridized carbons (Fsp3) is 0.300. The number of anilines is 2. The first-order chi connectivity index (χ1) is 11.6. The minimum absolute atomic E-state index is 0. The number of nitrogen functional groups attached to an aromatic ring is 1. The minimum Gasteiger partial charge on any atom is -0.399 e. The predicted octanol–water partition coefficient (Wildman–Crippen LogP) is 4.73. The summed E-state index contributed by atoms with van der Waals surface area (Å²) in [6.45, 7) is 10.3. The van der Waals surface area contributed by atoms with Gasteiger partial charge in [0.15, 0.2) is 5.11 Å². The molecule has 1 amide bonds. The highest BCUT2D eigenvalue weighted by molar-refractivity contribution is 7.80. The number of benzene rings is 2. The molecule has 0 aromatic heterocycles. The van der Waals surface area contributed by atoms with Gasteiger partial charge >= 0.3 is 0 Å². The minimum atomic E-state index is -0.234. The van der Waals surface area contributed by atoms with E-state index in [0.29, 0.717) is 5.56 Å². The topological polar surface area (TPSA) is 67.2 Å². The van der Waals surface area contributed by atoms with Crippen molar-refractivity contribution in [3.8, 4) is 0 Å². The van der Waals surface area contributed by atoms with Crippen LogP contribution in [0.2, 0.25) is 0 Å². The summed E-state index contributed by atoms with van der Waals surface area (Å²) in [5.41, 5.74) is 11.3. The Morgan fingerprint density at radius 2 is 1.58 bits per heavy atom. The maximum atomic E-state index is 12.4. The second-order valence-electron chi connectivity index (χ2n) is 7.19. The van der Waals surface area contributed by atoms with Gasteiger partial charge in [-0.15, -0.1) is 12.4 Å². The number of hydrogen-bond acceptors (Lipinski definition) is 3. The summed E-state index contributed by atoms with van der Waals surface area (Å²) in [6.07, 6.45) is 0. The zero-order chi connectivity index (χ0) is 18.8. The smallest absolute Gasteiger partial charge is 0.257 e. The summed E-state index contributed by atoms with van der Waals surface area (Å²) in [4.78, 5) is 12.4. The molecule has 0 aliphatic carbocycles. The maximum Gasteiger partial charge on any atom is 0.257 e. The van der Waals surface area contributed by atoms with Gasteiger partial charge in [0.05, 0.1) is 0 Å². The summed E-state index contributed by atoms with van der Waals surface area (Å²) in [5.74, 6) is -0.234. The van der Waals surface area contributed by atoms with E-state index >= 15 is 0 Å². The zero-order valence-electron chi connectivity index (χ0n) is 15.8. The van der Waals surface area contributed by atoms with Crippen molar-refractivity contribution in [1.29, 1.82) is 0 Å². The standard InChI is InChI=1S/C20H25N3OS.ClH/c1-12-13(2)17(11-10-16(12)21)22-19(25)23-18(24)14-6-8-15(9-7-14)20(3,4)5;/h6-11H,21H2,1-5H3,(H2,22,23,24,25);1H. The first-order valence-corrected chi connectivity index (χ1v) is 8.59. The Labute approximate surface area is 167 Å². The molecular weight excluding hydrogens is 366 g/mol. The van der Waals surface area contributed by atoms with Crippen LogP contribution in [0.4, 0.5) is 11.4 Å². The molecule has 2 rings (SSSR count). The Bertz CT molecular complexity index is 811. The molecule has 0 spiro atoms. The SMILES string of the molecule is Cc1c(N)ccc(NC(=S)NC(=O)c2ccc(C(C)(C)C)cc2)c1C.Cl. The average molecular weight is 392 g/mol. The number of nitrogens with two attached hydrogens (primary N) is 1. The van der Waals surface area contributed by atoms with Crippen molar-refractivity contribution in [1.82, 2.24) is 5.32 Å². The van der Waals surface area contributed by atoms with E-state index in [0.717, 1.165) is 22.5 Å². The number of rotatable bonds is 2. The molecule has 26 heavy (non-hydrogen) atoms. The van der Waals surface area contributed by atoms with Crippen LogP contribution in [0, 0.1) is 13.8 Å². The molecule has 0 saturated carbocycles. The highest BCUT2D eigenvalue weighted by atomic mass is 35.5. The lowest BCUT2D eigenvalue weighted by Gasteiger charge is -2.19. The molecule has 6 heteroatoms. The number of carbonyl (C=O) groups is 1. The van der Waals surface area contributed by atoms with E-state index in [-0.39, 0.29) is 28.8 Å². The van der Waals surface area contributed by atoms with Crippen LogP contribution < -0.4 is 16.4 Å². The molecule has 2 aromatic carbocycles. The van der Waals surface area contributed by atoms with Gasteiger partial charge in [0.2, 0.25) is 0 Å². The molecule has 2 aromatic rings. The summed E-state index contributed by atoms with van der Waals surface area (Å²) >= 11 is 5.26. The van der Waals surface area contributed by atoms with Crippen molar-refractivity contribution in [2.75, 3.05) is 11.1 Å². The van der Waals surface area contributed by atoms with Crippen LogP contribution in [0.5, 0.6) is 0 Å². The fourth-order valence-electron chi connectivity index (χ4n) is 2.43. The van der Waals surface area contributed by atoms with Gasteiger partial charge in [-0.3, -0.25) is 10.1 Å². The van der Waals surface area contributed by atoms with E-state index < -0.39 is 0 Å². The van der Waals surface area contributed by atoms with Gasteiger partial charge in [0.25, 0.3) is 5.91 Å². The quantitative estimate of drug-likeness (QED) is 0.511. The highest BCUT2D eigenvalue weighted by Gasteiger charge is 2.15. The predicted molar refractivity (Wildman–Crippen MR) is 116 cm³/mol. The fourth-order valence-corrected chi connectivity index (χ4v) is 2.63. The van der Waals surface area contributed by atoms with Crippen LogP contribution in [-0.4, -0.2) is 11.0 Å². The normalized spacial score (nSPS) is 10.7. The van der Waals surface area contributed by atoms with Crippen molar-refractivity contribution in [3.05, 3.63) is 58.7 Å². The summed E-state index contributed by atoms with van der Waals surface area (Å²) < 4.78 is 0. The molecule has 0 fully saturated rings. The van der Waals surface area contributed by atoms with E-state index in [9.17, 15) is 4.79 Å². The van der Waals surface area contributed by atoms with E-state index in [1.807, 2.05) is 50.2 Å². The lowest BCUT2D eigenvalue weighted by atomic mass is 9.87. The van der Waals surface area contributed by atoms with Crippen molar-refractivity contribution in [2.24, 2.45) is 0 Å². The van der Waals surface area contributed by atoms with Gasteiger partial charge in [-0.1, -0.05) is 32.9 Å². The van der Waals surface area contributed by atoms with Crippen LogP contribution in [0.3, 0.4) is 0 Å². The molecule has 0 bridgehead atoms. The second-order valence-corrected chi connectivity index (χ2v) is 7.60. The van der Waals surface area contributed by atoms with Gasteiger partial charge in [0, 0.05) is 16.9 Å². The van der Waals surface area contributed by atoms with Crippen LogP contribution >= 0.6 is 24.6 Å². The Morgan fingerprint density at radius 1 is 1.00 bits per heavy atom. The zero-order valence-corrected chi connectivity index (χ0v) is 17.4. The molecular formula is C20H26ClN3OS. The van der Waals surface area contributed by atoms with Crippen molar-refractivity contribution >= 4 is 47.0 Å². The second kappa shape index (κ2) is 8.52. The Hall–Kier alpha value is -2.11. The largest absolute Gasteiger partial charge is 0.399 e. The maximum absolute atomic E-state index is 12.4. The van der Waals surface area contributed by atoms with Crippen LogP contribution in [0.1, 0.15) is 47.8 Å². The molecule has 0 heterocycles. The van der Waals surface area contributed by atoms with Crippen LogP contribution in [-0.2, 0) is 5.41 Å². The monoisotopic (exact) mass is 391 g/mol. The van der Waals surface area contributed by atoms with Gasteiger partial charge in [-0.05, 0) is 72.4 Å². The third-order valence-electron chi connectivity index (χ3n) is 4.32. The molecule has 0 radical (unpaired) electrons. The summed E-state index contributed by atoms with van der Waals surface area (Å²) in [6, 6.07) is 11.3. The average Bonchev–Trinajstić information content (AvgIpc) is 2.54. The molecule has 0 aliphatic heterocycles. The molecule has 0 unspecified atom stereocenters.